The molecule has 2 aromatic carbocycles. The molecule has 3 aromatic rings. The minimum Gasteiger partial charge on any atom is -0.493 e. The number of amides is 2. The smallest absolute Gasteiger partial charge is 0.270 e. The maximum absolute atomic E-state index is 13.1. The molecule has 36 heavy (non-hydrogen) atoms. The number of nitrogens with zero attached hydrogens (tertiary/aromatic N) is 1. The van der Waals surface area contributed by atoms with Crippen molar-refractivity contribution in [3.05, 3.63) is 54.1 Å². The van der Waals surface area contributed by atoms with Gasteiger partial charge in [-0.25, -0.2) is 4.98 Å². The number of hydrazine groups is 1. The Kier molecular flexibility index (Phi) is 8.35. The zero-order chi connectivity index (χ0) is 25.5. The van der Waals surface area contributed by atoms with E-state index in [-0.39, 0.29) is 6.10 Å². The van der Waals surface area contributed by atoms with Crippen molar-refractivity contribution in [1.29, 1.82) is 0 Å². The number of rotatable bonds is 8. The Bertz CT molecular complexity index is 1230. The first-order chi connectivity index (χ1) is 17.5. The molecule has 1 aromatic heterocycles. The lowest BCUT2D eigenvalue weighted by atomic mass is 10.0. The van der Waals surface area contributed by atoms with Crippen LogP contribution in [0, 0.1) is 0 Å². The average Bonchev–Trinajstić information content (AvgIpc) is 2.93. The Morgan fingerprint density at radius 2 is 1.86 bits per heavy atom. The Morgan fingerprint density at radius 1 is 1.06 bits per heavy atom. The minimum atomic E-state index is -0.743. The van der Waals surface area contributed by atoms with Crippen molar-refractivity contribution in [1.82, 2.24) is 15.8 Å². The third-order valence-electron chi connectivity index (χ3n) is 6.11. The third-order valence-corrected chi connectivity index (χ3v) is 6.11. The first kappa shape index (κ1) is 25.4. The molecule has 0 radical (unpaired) electrons. The van der Waals surface area contributed by atoms with Gasteiger partial charge < -0.3 is 18.9 Å². The number of fused-ring (bicyclic) bond motifs is 1. The summed E-state index contributed by atoms with van der Waals surface area (Å²) < 4.78 is 22.0. The van der Waals surface area contributed by atoms with Crippen LogP contribution in [0.3, 0.4) is 0 Å². The van der Waals surface area contributed by atoms with Gasteiger partial charge in [0.1, 0.15) is 6.10 Å². The van der Waals surface area contributed by atoms with Crippen LogP contribution < -0.4 is 20.3 Å². The predicted molar refractivity (Wildman–Crippen MR) is 135 cm³/mol. The van der Waals surface area contributed by atoms with E-state index in [0.717, 1.165) is 31.4 Å². The van der Waals surface area contributed by atoms with E-state index >= 15 is 0 Å². The standard InChI is InChI=1S/C27H31N3O6/c1-17(36-16-19-8-6-7-13-35-19)26(31)29-30-27(32)21-15-23(28-22-10-5-4-9-20(21)22)18-11-12-24(33-2)25(14-18)34-3/h4-5,9-12,14-15,17,19H,6-8,13,16H2,1-3H3,(H,29,31)(H,30,32). The molecule has 0 bridgehead atoms. The van der Waals surface area contributed by atoms with Crippen LogP contribution in [0.4, 0.5) is 0 Å². The molecule has 1 aliphatic heterocycles. The highest BCUT2D eigenvalue weighted by molar-refractivity contribution is 6.07. The normalized spacial score (nSPS) is 16.2. The quantitative estimate of drug-likeness (QED) is 0.461. The summed E-state index contributed by atoms with van der Waals surface area (Å²) in [6.07, 6.45) is 2.32. The lowest BCUT2D eigenvalue weighted by molar-refractivity contribution is -0.136. The van der Waals surface area contributed by atoms with E-state index in [1.807, 2.05) is 30.3 Å². The monoisotopic (exact) mass is 493 g/mol. The van der Waals surface area contributed by atoms with E-state index in [9.17, 15) is 9.59 Å². The molecule has 2 unspecified atom stereocenters. The van der Waals surface area contributed by atoms with Gasteiger partial charge in [0.2, 0.25) is 0 Å². The first-order valence-corrected chi connectivity index (χ1v) is 12.0. The van der Waals surface area contributed by atoms with Crippen LogP contribution in [0.5, 0.6) is 11.5 Å². The Labute approximate surface area is 210 Å². The van der Waals surface area contributed by atoms with Crippen molar-refractivity contribution in [2.75, 3.05) is 27.4 Å². The molecule has 4 rings (SSSR count). The summed E-state index contributed by atoms with van der Waals surface area (Å²) in [5.41, 5.74) is 7.32. The van der Waals surface area contributed by atoms with Crippen molar-refractivity contribution in [2.24, 2.45) is 0 Å². The molecule has 1 fully saturated rings. The van der Waals surface area contributed by atoms with Gasteiger partial charge in [-0.1, -0.05) is 18.2 Å². The molecule has 2 atom stereocenters. The number of benzene rings is 2. The lowest BCUT2D eigenvalue weighted by Gasteiger charge is -2.23. The minimum absolute atomic E-state index is 0.00164. The molecule has 0 saturated carbocycles. The highest BCUT2D eigenvalue weighted by Gasteiger charge is 2.20. The second kappa shape index (κ2) is 11.8. The summed E-state index contributed by atoms with van der Waals surface area (Å²) in [5.74, 6) is 0.231. The molecular formula is C27H31N3O6. The predicted octanol–water partition coefficient (Wildman–Crippen LogP) is 3.65. The van der Waals surface area contributed by atoms with Crippen LogP contribution >= 0.6 is 0 Å². The number of hydrogen-bond acceptors (Lipinski definition) is 7. The zero-order valence-electron chi connectivity index (χ0n) is 20.7. The SMILES string of the molecule is COc1ccc(-c2cc(C(=O)NNC(=O)C(C)OCC3CCCCO3)c3ccccc3n2)cc1OC. The number of nitrogens with one attached hydrogen (secondary N) is 2. The second-order valence-corrected chi connectivity index (χ2v) is 8.55. The van der Waals surface area contributed by atoms with Crippen LogP contribution in [-0.4, -0.2) is 56.4 Å². The zero-order valence-corrected chi connectivity index (χ0v) is 20.7. The molecule has 0 aliphatic carbocycles. The van der Waals surface area contributed by atoms with Crippen molar-refractivity contribution in [2.45, 2.75) is 38.4 Å². The largest absolute Gasteiger partial charge is 0.493 e. The van der Waals surface area contributed by atoms with Gasteiger partial charge >= 0.3 is 0 Å². The van der Waals surface area contributed by atoms with Gasteiger partial charge in [0.15, 0.2) is 11.5 Å². The number of hydrogen-bond donors (Lipinski definition) is 2. The fraction of sp³-hybridized carbons (Fsp3) is 0.370. The van der Waals surface area contributed by atoms with Gasteiger partial charge in [0.25, 0.3) is 11.8 Å². The van der Waals surface area contributed by atoms with Crippen LogP contribution in [0.15, 0.2) is 48.5 Å². The number of carbonyl (C=O) groups excluding carboxylic acids is 2. The third kappa shape index (κ3) is 5.92. The number of aromatic nitrogens is 1. The number of pyridine rings is 1. The van der Waals surface area contributed by atoms with E-state index in [0.29, 0.717) is 40.3 Å². The molecule has 1 aliphatic rings. The van der Waals surface area contributed by atoms with E-state index in [1.165, 1.54) is 0 Å². The summed E-state index contributed by atoms with van der Waals surface area (Å²) in [7, 11) is 3.13. The molecule has 190 valence electrons. The van der Waals surface area contributed by atoms with Gasteiger partial charge in [0, 0.05) is 17.6 Å². The van der Waals surface area contributed by atoms with Crippen molar-refractivity contribution in [3.63, 3.8) is 0 Å². The fourth-order valence-electron chi connectivity index (χ4n) is 4.06. The number of methoxy groups -OCH3 is 2. The van der Waals surface area contributed by atoms with Gasteiger partial charge in [-0.15, -0.1) is 0 Å². The fourth-order valence-corrected chi connectivity index (χ4v) is 4.06. The number of ether oxygens (including phenoxy) is 4. The molecule has 2 amide bonds. The van der Waals surface area contributed by atoms with E-state index < -0.39 is 17.9 Å². The van der Waals surface area contributed by atoms with Crippen molar-refractivity contribution < 1.29 is 28.5 Å². The summed E-state index contributed by atoms with van der Waals surface area (Å²) in [5, 5.41) is 0.659. The van der Waals surface area contributed by atoms with Gasteiger partial charge in [-0.2, -0.15) is 0 Å². The molecule has 2 N–H and O–H groups in total. The molecular weight excluding hydrogens is 462 g/mol. The molecule has 2 heterocycles. The van der Waals surface area contributed by atoms with Crippen molar-refractivity contribution in [3.8, 4) is 22.8 Å². The summed E-state index contributed by atoms with van der Waals surface area (Å²) in [6.45, 7) is 2.70. The van der Waals surface area contributed by atoms with E-state index in [1.54, 1.807) is 39.3 Å². The summed E-state index contributed by atoms with van der Waals surface area (Å²) in [4.78, 5) is 30.4. The molecule has 0 spiro atoms. The Balaban J connectivity index is 1.49. The Hall–Kier alpha value is -3.69. The van der Waals surface area contributed by atoms with Crippen LogP contribution in [0.25, 0.3) is 22.2 Å². The van der Waals surface area contributed by atoms with Gasteiger partial charge in [-0.05, 0) is 56.5 Å². The average molecular weight is 494 g/mol. The molecule has 1 saturated heterocycles. The van der Waals surface area contributed by atoms with Gasteiger partial charge in [-0.3, -0.25) is 20.4 Å². The maximum Gasteiger partial charge on any atom is 0.270 e. The second-order valence-electron chi connectivity index (χ2n) is 8.55. The Morgan fingerprint density at radius 3 is 2.61 bits per heavy atom. The van der Waals surface area contributed by atoms with Crippen LogP contribution in [0.1, 0.15) is 36.5 Å². The molecule has 9 heteroatoms. The van der Waals surface area contributed by atoms with Crippen LogP contribution in [-0.2, 0) is 14.3 Å². The van der Waals surface area contributed by atoms with Crippen molar-refractivity contribution >= 4 is 22.7 Å². The first-order valence-electron chi connectivity index (χ1n) is 12.0. The number of carbonyl (C=O) groups is 2. The van der Waals surface area contributed by atoms with E-state index in [2.05, 4.69) is 10.9 Å². The topological polar surface area (TPSA) is 108 Å². The highest BCUT2D eigenvalue weighted by Crippen LogP contribution is 2.33. The van der Waals surface area contributed by atoms with Crippen LogP contribution in [0.2, 0.25) is 0 Å². The lowest BCUT2D eigenvalue weighted by Crippen LogP contribution is -2.47. The maximum atomic E-state index is 13.1. The van der Waals surface area contributed by atoms with E-state index in [4.69, 9.17) is 23.9 Å². The highest BCUT2D eigenvalue weighted by atomic mass is 16.5. The summed E-state index contributed by atoms with van der Waals surface area (Å²) in [6, 6.07) is 14.4. The molecule has 9 nitrogen and oxygen atoms in total. The number of para-hydroxylation sites is 1. The summed E-state index contributed by atoms with van der Waals surface area (Å²) >= 11 is 0. The van der Waals surface area contributed by atoms with Gasteiger partial charge in [0.05, 0.1) is 43.7 Å².